The van der Waals surface area contributed by atoms with Crippen molar-refractivity contribution < 1.29 is 14.4 Å². The van der Waals surface area contributed by atoms with E-state index in [0.717, 1.165) is 22.8 Å². The first-order chi connectivity index (χ1) is 17.4. The van der Waals surface area contributed by atoms with Crippen LogP contribution in [-0.4, -0.2) is 42.4 Å². The summed E-state index contributed by atoms with van der Waals surface area (Å²) in [6.45, 7) is 2.05. The van der Waals surface area contributed by atoms with Crippen LogP contribution < -0.4 is 27.4 Å². The second kappa shape index (κ2) is 13.4. The van der Waals surface area contributed by atoms with Crippen LogP contribution in [0.5, 0.6) is 0 Å². The summed E-state index contributed by atoms with van der Waals surface area (Å²) in [7, 11) is 0. The lowest BCUT2D eigenvalue weighted by molar-refractivity contribution is -0.131. The summed E-state index contributed by atoms with van der Waals surface area (Å²) in [6, 6.07) is 20.5. The first kappa shape index (κ1) is 26.8. The molecule has 3 rings (SSSR count). The smallest absolute Gasteiger partial charge is 0.246 e. The van der Waals surface area contributed by atoms with Gasteiger partial charge in [0.15, 0.2) is 0 Å². The molecule has 0 aliphatic heterocycles. The number of nitrogens with two attached hydrogens (primary N) is 2. The fourth-order valence-corrected chi connectivity index (χ4v) is 3.89. The van der Waals surface area contributed by atoms with Crippen LogP contribution in [0.1, 0.15) is 31.7 Å². The van der Waals surface area contributed by atoms with E-state index in [1.807, 2.05) is 72.8 Å². The molecule has 0 spiro atoms. The number of hydrogen-bond donors (Lipinski definition) is 5. The molecule has 36 heavy (non-hydrogen) atoms. The summed E-state index contributed by atoms with van der Waals surface area (Å²) >= 11 is 0. The standard InChI is InChI=1S/C28H35N5O3/c1-19(30)26(34)33-25(17-20-9-3-2-4-10-20)28(36)32-24(13-7-8-16-29)27(35)31-23-15-14-21-11-5-6-12-22(21)18-23/h2-6,9-12,14-15,18-19,24-25H,7-8,13,16-17,29-30H2,1H3,(H,31,35)(H,32,36)(H,33,34)/t19-,24+,25-/m1/s1. The van der Waals surface area contributed by atoms with Gasteiger partial charge in [0.1, 0.15) is 12.1 Å². The van der Waals surface area contributed by atoms with E-state index in [9.17, 15) is 14.4 Å². The van der Waals surface area contributed by atoms with Gasteiger partial charge in [0.25, 0.3) is 0 Å². The summed E-state index contributed by atoms with van der Waals surface area (Å²) in [5.74, 6) is -1.21. The molecule has 0 aliphatic rings. The Kier molecular flexibility index (Phi) is 9.97. The van der Waals surface area contributed by atoms with Crippen LogP contribution in [0.3, 0.4) is 0 Å². The van der Waals surface area contributed by atoms with Gasteiger partial charge in [-0.25, -0.2) is 0 Å². The highest BCUT2D eigenvalue weighted by Crippen LogP contribution is 2.19. The monoisotopic (exact) mass is 489 g/mol. The van der Waals surface area contributed by atoms with Crippen LogP contribution in [0, 0.1) is 0 Å². The highest BCUT2D eigenvalue weighted by atomic mass is 16.2. The predicted octanol–water partition coefficient (Wildman–Crippen LogP) is 2.47. The summed E-state index contributed by atoms with van der Waals surface area (Å²) in [5.41, 5.74) is 12.9. The average molecular weight is 490 g/mol. The summed E-state index contributed by atoms with van der Waals surface area (Å²) in [4.78, 5) is 38.9. The van der Waals surface area contributed by atoms with Gasteiger partial charge in [0, 0.05) is 12.1 Å². The zero-order valence-electron chi connectivity index (χ0n) is 20.6. The van der Waals surface area contributed by atoms with Crippen molar-refractivity contribution in [2.24, 2.45) is 11.5 Å². The van der Waals surface area contributed by atoms with Crippen LogP contribution in [0.4, 0.5) is 5.69 Å². The quantitative estimate of drug-likeness (QED) is 0.249. The molecular weight excluding hydrogens is 454 g/mol. The Morgan fingerprint density at radius 1 is 0.778 bits per heavy atom. The zero-order chi connectivity index (χ0) is 25.9. The minimum Gasteiger partial charge on any atom is -0.343 e. The van der Waals surface area contributed by atoms with Crippen LogP contribution in [0.15, 0.2) is 72.8 Å². The van der Waals surface area contributed by atoms with Crippen LogP contribution in [0.2, 0.25) is 0 Å². The fourth-order valence-electron chi connectivity index (χ4n) is 3.89. The lowest BCUT2D eigenvalue weighted by Crippen LogP contribution is -2.55. The second-order valence-corrected chi connectivity index (χ2v) is 8.94. The molecule has 0 bridgehead atoms. The minimum absolute atomic E-state index is 0.271. The minimum atomic E-state index is -0.878. The molecule has 0 aliphatic carbocycles. The Morgan fingerprint density at radius 3 is 2.14 bits per heavy atom. The first-order valence-electron chi connectivity index (χ1n) is 12.3. The predicted molar refractivity (Wildman–Crippen MR) is 143 cm³/mol. The third-order valence-corrected chi connectivity index (χ3v) is 5.93. The highest BCUT2D eigenvalue weighted by molar-refractivity contribution is 6.00. The molecule has 0 unspecified atom stereocenters. The van der Waals surface area contributed by atoms with Crippen molar-refractivity contribution in [1.82, 2.24) is 10.6 Å². The van der Waals surface area contributed by atoms with Crippen molar-refractivity contribution in [3.05, 3.63) is 78.4 Å². The van der Waals surface area contributed by atoms with Gasteiger partial charge < -0.3 is 27.4 Å². The Hall–Kier alpha value is -3.75. The molecule has 0 saturated carbocycles. The van der Waals surface area contributed by atoms with E-state index in [2.05, 4.69) is 16.0 Å². The van der Waals surface area contributed by atoms with Gasteiger partial charge in [-0.3, -0.25) is 14.4 Å². The van der Waals surface area contributed by atoms with Gasteiger partial charge in [-0.2, -0.15) is 0 Å². The van der Waals surface area contributed by atoms with Crippen LogP contribution in [-0.2, 0) is 20.8 Å². The van der Waals surface area contributed by atoms with Crippen molar-refractivity contribution in [2.75, 3.05) is 11.9 Å². The number of amides is 3. The number of anilines is 1. The lowest BCUT2D eigenvalue weighted by atomic mass is 10.0. The molecule has 8 heteroatoms. The van der Waals surface area contributed by atoms with E-state index in [0.29, 0.717) is 25.1 Å². The van der Waals surface area contributed by atoms with Gasteiger partial charge in [0.2, 0.25) is 17.7 Å². The second-order valence-electron chi connectivity index (χ2n) is 8.94. The molecule has 0 fully saturated rings. The van der Waals surface area contributed by atoms with Gasteiger partial charge >= 0.3 is 0 Å². The number of carbonyl (C=O) groups is 3. The van der Waals surface area contributed by atoms with E-state index < -0.39 is 29.9 Å². The summed E-state index contributed by atoms with van der Waals surface area (Å²) in [6.07, 6.45) is 2.08. The number of hydrogen-bond acceptors (Lipinski definition) is 5. The maximum absolute atomic E-state index is 13.3. The number of fused-ring (bicyclic) bond motifs is 1. The molecule has 0 heterocycles. The van der Waals surface area contributed by atoms with Gasteiger partial charge in [-0.15, -0.1) is 0 Å². The molecule has 0 aromatic heterocycles. The molecular formula is C28H35N5O3. The normalized spacial score (nSPS) is 13.4. The maximum Gasteiger partial charge on any atom is 0.246 e. The number of unbranched alkanes of at least 4 members (excludes halogenated alkanes) is 1. The number of carbonyl (C=O) groups excluding carboxylic acids is 3. The Labute approximate surface area is 211 Å². The van der Waals surface area contributed by atoms with Crippen LogP contribution in [0.25, 0.3) is 10.8 Å². The molecule has 3 aromatic rings. The molecule has 0 saturated heterocycles. The number of nitrogens with one attached hydrogen (secondary N) is 3. The van der Waals surface area contributed by atoms with Crippen molar-refractivity contribution in [1.29, 1.82) is 0 Å². The molecule has 0 radical (unpaired) electrons. The van der Waals surface area contributed by atoms with Crippen molar-refractivity contribution >= 4 is 34.2 Å². The van der Waals surface area contributed by atoms with E-state index in [-0.39, 0.29) is 12.3 Å². The van der Waals surface area contributed by atoms with Crippen molar-refractivity contribution in [3.8, 4) is 0 Å². The van der Waals surface area contributed by atoms with E-state index in [4.69, 9.17) is 11.5 Å². The highest BCUT2D eigenvalue weighted by Gasteiger charge is 2.27. The van der Waals surface area contributed by atoms with Crippen molar-refractivity contribution in [3.63, 3.8) is 0 Å². The zero-order valence-corrected chi connectivity index (χ0v) is 20.6. The maximum atomic E-state index is 13.3. The molecule has 3 aromatic carbocycles. The molecule has 7 N–H and O–H groups in total. The number of rotatable bonds is 12. The van der Waals surface area contributed by atoms with E-state index in [1.165, 1.54) is 0 Å². The summed E-state index contributed by atoms with van der Waals surface area (Å²) in [5, 5.41) is 10.6. The van der Waals surface area contributed by atoms with Gasteiger partial charge in [-0.05, 0) is 61.2 Å². The summed E-state index contributed by atoms with van der Waals surface area (Å²) < 4.78 is 0. The Morgan fingerprint density at radius 2 is 1.44 bits per heavy atom. The van der Waals surface area contributed by atoms with Crippen molar-refractivity contribution in [2.45, 2.75) is 50.7 Å². The SMILES string of the molecule is C[C@@H](N)C(=O)N[C@H](Cc1ccccc1)C(=O)N[C@@H](CCCCN)C(=O)Nc1ccc2ccccc2c1. The van der Waals surface area contributed by atoms with Gasteiger partial charge in [0.05, 0.1) is 6.04 Å². The fraction of sp³-hybridized carbons (Fsp3) is 0.321. The molecule has 8 nitrogen and oxygen atoms in total. The Bertz CT molecular complexity index is 1170. The first-order valence-corrected chi connectivity index (χ1v) is 12.3. The molecule has 3 atom stereocenters. The van der Waals surface area contributed by atoms with E-state index in [1.54, 1.807) is 6.92 Å². The largest absolute Gasteiger partial charge is 0.343 e. The average Bonchev–Trinajstić information content (AvgIpc) is 2.88. The number of benzene rings is 3. The van der Waals surface area contributed by atoms with E-state index >= 15 is 0 Å². The molecule has 190 valence electrons. The van der Waals surface area contributed by atoms with Gasteiger partial charge in [-0.1, -0.05) is 60.7 Å². The Balaban J connectivity index is 1.76. The third-order valence-electron chi connectivity index (χ3n) is 5.93. The topological polar surface area (TPSA) is 139 Å². The molecule has 3 amide bonds. The van der Waals surface area contributed by atoms with Crippen LogP contribution >= 0.6 is 0 Å². The third kappa shape index (κ3) is 7.90. The lowest BCUT2D eigenvalue weighted by Gasteiger charge is -2.24.